The highest BCUT2D eigenvalue weighted by molar-refractivity contribution is 5.85. The third kappa shape index (κ3) is 6.02. The summed E-state index contributed by atoms with van der Waals surface area (Å²) >= 11 is 0. The van der Waals surface area contributed by atoms with Crippen LogP contribution in [-0.4, -0.2) is 47.8 Å². The highest BCUT2D eigenvalue weighted by atomic mass is 16.6. The molecule has 1 heterocycles. The van der Waals surface area contributed by atoms with Crippen LogP contribution < -0.4 is 0 Å². The van der Waals surface area contributed by atoms with Crippen LogP contribution >= 0.6 is 0 Å². The van der Waals surface area contributed by atoms with Crippen LogP contribution in [0.1, 0.15) is 39.2 Å². The van der Waals surface area contributed by atoms with Gasteiger partial charge in [0, 0.05) is 19.4 Å². The number of hydrogen-bond acceptors (Lipinski definition) is 5. The van der Waals surface area contributed by atoms with E-state index in [1.807, 2.05) is 30.3 Å². The van der Waals surface area contributed by atoms with Crippen molar-refractivity contribution in [2.75, 3.05) is 13.1 Å². The number of Topliss-reactive ketones (excluding diaryl/α,β-unsaturated/α-hetero) is 1. The second-order valence-electron chi connectivity index (χ2n) is 6.81. The summed E-state index contributed by atoms with van der Waals surface area (Å²) in [6, 6.07) is 9.57. The predicted molar refractivity (Wildman–Crippen MR) is 91.0 cm³/mol. The molecular formula is C18H24N2O4. The molecule has 1 aromatic rings. The average Bonchev–Trinajstić information content (AvgIpc) is 2.68. The molecule has 1 aliphatic heterocycles. The molecule has 0 bridgehead atoms. The van der Waals surface area contributed by atoms with E-state index >= 15 is 0 Å². The Kier molecular flexibility index (Phi) is 5.95. The Morgan fingerprint density at radius 2 is 2.00 bits per heavy atom. The fourth-order valence-corrected chi connectivity index (χ4v) is 2.30. The van der Waals surface area contributed by atoms with E-state index in [0.717, 1.165) is 5.56 Å². The number of rotatable bonds is 3. The van der Waals surface area contributed by atoms with Crippen molar-refractivity contribution in [3.8, 4) is 0 Å². The fraction of sp³-hybridized carbons (Fsp3) is 0.500. The van der Waals surface area contributed by atoms with E-state index in [0.29, 0.717) is 13.0 Å². The van der Waals surface area contributed by atoms with Gasteiger partial charge < -0.3 is 14.5 Å². The second kappa shape index (κ2) is 7.95. The summed E-state index contributed by atoms with van der Waals surface area (Å²) in [6.45, 7) is 5.86. The second-order valence-corrected chi connectivity index (χ2v) is 6.81. The molecule has 0 unspecified atom stereocenters. The van der Waals surface area contributed by atoms with E-state index < -0.39 is 11.7 Å². The number of ether oxygens (including phenoxy) is 1. The van der Waals surface area contributed by atoms with Gasteiger partial charge in [0.2, 0.25) is 0 Å². The summed E-state index contributed by atoms with van der Waals surface area (Å²) < 4.78 is 5.32. The van der Waals surface area contributed by atoms with Crippen molar-refractivity contribution in [3.63, 3.8) is 0 Å². The summed E-state index contributed by atoms with van der Waals surface area (Å²) in [7, 11) is 0. The molecule has 1 aliphatic rings. The van der Waals surface area contributed by atoms with Gasteiger partial charge in [-0.3, -0.25) is 4.79 Å². The van der Waals surface area contributed by atoms with Gasteiger partial charge >= 0.3 is 6.09 Å². The number of ketones is 1. The van der Waals surface area contributed by atoms with Crippen molar-refractivity contribution in [3.05, 3.63) is 35.9 Å². The van der Waals surface area contributed by atoms with E-state index in [2.05, 4.69) is 5.16 Å². The highest BCUT2D eigenvalue weighted by Crippen LogP contribution is 2.16. The maximum absolute atomic E-state index is 12.1. The molecule has 1 aromatic carbocycles. The summed E-state index contributed by atoms with van der Waals surface area (Å²) in [5.74, 6) is -0.0572. The highest BCUT2D eigenvalue weighted by Gasteiger charge is 2.29. The molecule has 1 amide bonds. The molecule has 24 heavy (non-hydrogen) atoms. The van der Waals surface area contributed by atoms with Crippen LogP contribution in [0.2, 0.25) is 0 Å². The number of carbonyl (C=O) groups excluding carboxylic acids is 2. The van der Waals surface area contributed by atoms with Crippen LogP contribution in [0.5, 0.6) is 0 Å². The summed E-state index contributed by atoms with van der Waals surface area (Å²) in [4.78, 5) is 31.0. The summed E-state index contributed by atoms with van der Waals surface area (Å²) in [6.07, 6.45) is 1.60. The molecule has 0 spiro atoms. The molecule has 6 nitrogen and oxygen atoms in total. The molecule has 0 N–H and O–H groups in total. The Morgan fingerprint density at radius 3 is 2.67 bits per heavy atom. The Bertz CT molecular complexity index is 593. The monoisotopic (exact) mass is 332 g/mol. The van der Waals surface area contributed by atoms with Crippen LogP contribution in [0, 0.1) is 0 Å². The molecule has 1 fully saturated rings. The van der Waals surface area contributed by atoms with Crippen LogP contribution in [0.25, 0.3) is 0 Å². The normalized spacial score (nSPS) is 19.2. The third-order valence-electron chi connectivity index (χ3n) is 3.41. The summed E-state index contributed by atoms with van der Waals surface area (Å²) in [5.41, 5.74) is 0.343. The zero-order valence-corrected chi connectivity index (χ0v) is 14.4. The number of likely N-dealkylation sites (tertiary alicyclic amines) is 1. The third-order valence-corrected chi connectivity index (χ3v) is 3.41. The number of amides is 1. The zero-order chi connectivity index (χ0) is 17.6. The van der Waals surface area contributed by atoms with Gasteiger partial charge in [-0.1, -0.05) is 35.5 Å². The Labute approximate surface area is 142 Å². The van der Waals surface area contributed by atoms with Gasteiger partial charge in [0.25, 0.3) is 0 Å². The van der Waals surface area contributed by atoms with Crippen molar-refractivity contribution >= 4 is 18.1 Å². The van der Waals surface area contributed by atoms with Gasteiger partial charge in [-0.25, -0.2) is 4.79 Å². The minimum Gasteiger partial charge on any atom is -0.444 e. The molecule has 6 heteroatoms. The molecule has 0 saturated carbocycles. The Hall–Kier alpha value is -2.37. The van der Waals surface area contributed by atoms with Gasteiger partial charge in [-0.05, 0) is 26.3 Å². The Balaban J connectivity index is 1.88. The van der Waals surface area contributed by atoms with Gasteiger partial charge in [0.05, 0.1) is 12.8 Å². The molecule has 0 radical (unpaired) electrons. The lowest BCUT2D eigenvalue weighted by atomic mass is 10.1. The minimum absolute atomic E-state index is 0.0528. The van der Waals surface area contributed by atoms with E-state index in [1.165, 1.54) is 4.90 Å². The SMILES string of the molecule is CC(C)(C)OC(=O)N1CC[C@@H](O/N=C\c2ccccc2)CC(=O)C1. The van der Waals surface area contributed by atoms with Gasteiger partial charge in [0.1, 0.15) is 11.7 Å². The van der Waals surface area contributed by atoms with Crippen LogP contribution in [-0.2, 0) is 14.4 Å². The Morgan fingerprint density at radius 1 is 1.29 bits per heavy atom. The molecule has 2 rings (SSSR count). The summed E-state index contributed by atoms with van der Waals surface area (Å²) in [5, 5.41) is 3.96. The fourth-order valence-electron chi connectivity index (χ4n) is 2.30. The van der Waals surface area contributed by atoms with Crippen LogP contribution in [0.15, 0.2) is 35.5 Å². The van der Waals surface area contributed by atoms with Crippen molar-refractivity contribution < 1.29 is 19.2 Å². The van der Waals surface area contributed by atoms with E-state index in [4.69, 9.17) is 9.57 Å². The van der Waals surface area contributed by atoms with Gasteiger partial charge in [0.15, 0.2) is 5.78 Å². The lowest BCUT2D eigenvalue weighted by Crippen LogP contribution is -2.39. The van der Waals surface area contributed by atoms with Crippen molar-refractivity contribution in [2.24, 2.45) is 5.16 Å². The van der Waals surface area contributed by atoms with Crippen molar-refractivity contribution in [2.45, 2.75) is 45.3 Å². The minimum atomic E-state index is -0.581. The first-order chi connectivity index (χ1) is 11.3. The topological polar surface area (TPSA) is 68.2 Å². The standard InChI is InChI=1S/C18H24N2O4/c1-18(2,3)23-17(22)20-10-9-16(11-15(21)13-20)24-19-12-14-7-5-4-6-8-14/h4-8,12,16H,9-11,13H2,1-3H3/b19-12-/t16-/m1/s1. The number of hydrogen-bond donors (Lipinski definition) is 0. The quantitative estimate of drug-likeness (QED) is 0.630. The zero-order valence-electron chi connectivity index (χ0n) is 14.4. The molecular weight excluding hydrogens is 308 g/mol. The first-order valence-electron chi connectivity index (χ1n) is 8.07. The lowest BCUT2D eigenvalue weighted by Gasteiger charge is -2.25. The smallest absolute Gasteiger partial charge is 0.410 e. The largest absolute Gasteiger partial charge is 0.444 e. The maximum atomic E-state index is 12.1. The number of carbonyl (C=O) groups is 2. The van der Waals surface area contributed by atoms with E-state index in [-0.39, 0.29) is 24.9 Å². The lowest BCUT2D eigenvalue weighted by molar-refractivity contribution is -0.121. The molecule has 1 atom stereocenters. The molecule has 1 saturated heterocycles. The predicted octanol–water partition coefficient (Wildman–Crippen LogP) is 3.01. The number of benzene rings is 1. The molecule has 0 aromatic heterocycles. The number of nitrogens with zero attached hydrogens (tertiary/aromatic N) is 2. The maximum Gasteiger partial charge on any atom is 0.410 e. The molecule has 0 aliphatic carbocycles. The van der Waals surface area contributed by atoms with Gasteiger partial charge in [-0.2, -0.15) is 0 Å². The van der Waals surface area contributed by atoms with Crippen molar-refractivity contribution in [1.82, 2.24) is 4.90 Å². The molecule has 130 valence electrons. The van der Waals surface area contributed by atoms with E-state index in [9.17, 15) is 9.59 Å². The first-order valence-corrected chi connectivity index (χ1v) is 8.07. The first kappa shape index (κ1) is 18.0. The van der Waals surface area contributed by atoms with Crippen LogP contribution in [0.3, 0.4) is 0 Å². The van der Waals surface area contributed by atoms with Gasteiger partial charge in [-0.15, -0.1) is 0 Å². The van der Waals surface area contributed by atoms with Crippen LogP contribution in [0.4, 0.5) is 4.79 Å². The van der Waals surface area contributed by atoms with Crippen molar-refractivity contribution in [1.29, 1.82) is 0 Å². The number of oxime groups is 1. The average molecular weight is 332 g/mol. The van der Waals surface area contributed by atoms with E-state index in [1.54, 1.807) is 27.0 Å².